The Morgan fingerprint density at radius 1 is 0.839 bits per heavy atom. The second-order valence-electron chi connectivity index (χ2n) is 8.93. The highest BCUT2D eigenvalue weighted by Crippen LogP contribution is 2.27. The van der Waals surface area contributed by atoms with Gasteiger partial charge in [-0.05, 0) is 25.0 Å². The number of ketones is 1. The largest absolute Gasteiger partial charge is 0.508 e. The van der Waals surface area contributed by atoms with Crippen LogP contribution in [0.3, 0.4) is 0 Å². The van der Waals surface area contributed by atoms with Crippen LogP contribution in [0.5, 0.6) is 5.75 Å². The highest BCUT2D eigenvalue weighted by Gasteiger charge is 2.12. The van der Waals surface area contributed by atoms with Crippen molar-refractivity contribution in [3.8, 4) is 5.75 Å². The summed E-state index contributed by atoms with van der Waals surface area (Å²) in [7, 11) is 0. The fraction of sp³-hybridized carbons (Fsp3) is 0.630. The lowest BCUT2D eigenvalue weighted by Crippen LogP contribution is -2.04. The molecule has 0 fully saturated rings. The molecule has 1 aromatic heterocycles. The molecule has 0 spiro atoms. The third-order valence-corrected chi connectivity index (χ3v) is 6.10. The first kappa shape index (κ1) is 25.2. The van der Waals surface area contributed by atoms with E-state index < -0.39 is 5.63 Å². The van der Waals surface area contributed by atoms with E-state index >= 15 is 0 Å². The van der Waals surface area contributed by atoms with Crippen molar-refractivity contribution in [3.05, 3.63) is 39.7 Å². The molecule has 0 unspecified atom stereocenters. The van der Waals surface area contributed by atoms with Crippen molar-refractivity contribution in [1.29, 1.82) is 0 Å². The average molecular weight is 429 g/mol. The van der Waals surface area contributed by atoms with E-state index in [1.54, 1.807) is 6.07 Å². The number of hydrogen-bond acceptors (Lipinski definition) is 4. The Bertz CT molecular complexity index is 865. The van der Waals surface area contributed by atoms with Crippen molar-refractivity contribution in [2.45, 2.75) is 110 Å². The van der Waals surface area contributed by atoms with Gasteiger partial charge in [-0.1, -0.05) is 84.0 Å². The second-order valence-corrected chi connectivity index (χ2v) is 8.93. The normalized spacial score (nSPS) is 11.3. The molecule has 0 radical (unpaired) electrons. The van der Waals surface area contributed by atoms with Crippen LogP contribution in [-0.2, 0) is 11.2 Å². The third-order valence-electron chi connectivity index (χ3n) is 6.10. The van der Waals surface area contributed by atoms with Crippen LogP contribution >= 0.6 is 0 Å². The molecule has 31 heavy (non-hydrogen) atoms. The minimum atomic E-state index is -0.435. The number of rotatable bonds is 16. The number of benzene rings is 1. The second kappa shape index (κ2) is 14.1. The van der Waals surface area contributed by atoms with Gasteiger partial charge in [0.15, 0.2) is 0 Å². The van der Waals surface area contributed by atoms with Crippen LogP contribution in [0.2, 0.25) is 0 Å². The number of hydrogen-bond donors (Lipinski definition) is 1. The molecule has 0 aliphatic rings. The first-order chi connectivity index (χ1) is 15.0. The molecule has 1 heterocycles. The van der Waals surface area contributed by atoms with Crippen molar-refractivity contribution in [1.82, 2.24) is 0 Å². The standard InChI is InChI=1S/C27H40O4/c1-3-4-5-6-7-8-9-10-11-12-13-14-15-16-23(28)18-22-19-24-21(2)17-27(30)31-26(24)20-25(22)29/h17,19-20,29H,3-16,18H2,1-2H3. The first-order valence-corrected chi connectivity index (χ1v) is 12.3. The van der Waals surface area contributed by atoms with Gasteiger partial charge in [0.25, 0.3) is 0 Å². The minimum absolute atomic E-state index is 0.0139. The summed E-state index contributed by atoms with van der Waals surface area (Å²) < 4.78 is 5.14. The van der Waals surface area contributed by atoms with Gasteiger partial charge in [0.2, 0.25) is 0 Å². The molecular formula is C27H40O4. The van der Waals surface area contributed by atoms with E-state index in [0.29, 0.717) is 17.6 Å². The first-order valence-electron chi connectivity index (χ1n) is 12.3. The lowest BCUT2D eigenvalue weighted by atomic mass is 10.00. The van der Waals surface area contributed by atoms with Gasteiger partial charge in [-0.15, -0.1) is 0 Å². The number of phenols is 1. The van der Waals surface area contributed by atoms with Gasteiger partial charge >= 0.3 is 5.63 Å². The Morgan fingerprint density at radius 3 is 1.97 bits per heavy atom. The molecule has 2 aromatic rings. The molecule has 0 amide bonds. The number of Topliss-reactive ketones (excluding diaryl/α,β-unsaturated/α-hetero) is 1. The Morgan fingerprint density at radius 2 is 1.39 bits per heavy atom. The molecule has 2 rings (SSSR count). The molecular weight excluding hydrogens is 388 g/mol. The predicted molar refractivity (Wildman–Crippen MR) is 128 cm³/mol. The number of aromatic hydroxyl groups is 1. The van der Waals surface area contributed by atoms with E-state index in [9.17, 15) is 14.7 Å². The quantitative estimate of drug-likeness (QED) is 0.223. The Kier molecular flexibility index (Phi) is 11.4. The van der Waals surface area contributed by atoms with E-state index in [0.717, 1.165) is 23.8 Å². The number of aryl methyl sites for hydroxylation is 1. The van der Waals surface area contributed by atoms with Crippen molar-refractivity contribution in [3.63, 3.8) is 0 Å². The number of carbonyl (C=O) groups is 1. The third kappa shape index (κ3) is 9.28. The van der Waals surface area contributed by atoms with E-state index in [4.69, 9.17) is 4.42 Å². The summed E-state index contributed by atoms with van der Waals surface area (Å²) in [6.45, 7) is 4.09. The van der Waals surface area contributed by atoms with Gasteiger partial charge in [0, 0.05) is 35.9 Å². The molecule has 0 saturated heterocycles. The summed E-state index contributed by atoms with van der Waals surface area (Å²) in [5, 5.41) is 11.0. The number of phenolic OH excluding ortho intramolecular Hbond substituents is 1. The van der Waals surface area contributed by atoms with Crippen LogP contribution in [0.25, 0.3) is 11.0 Å². The van der Waals surface area contributed by atoms with E-state index in [2.05, 4.69) is 6.92 Å². The van der Waals surface area contributed by atoms with Crippen molar-refractivity contribution in [2.24, 2.45) is 0 Å². The van der Waals surface area contributed by atoms with Gasteiger partial charge in [-0.3, -0.25) is 4.79 Å². The van der Waals surface area contributed by atoms with Crippen molar-refractivity contribution >= 4 is 16.8 Å². The minimum Gasteiger partial charge on any atom is -0.508 e. The SMILES string of the molecule is CCCCCCCCCCCCCCCC(=O)Cc1cc2c(C)cc(=O)oc2cc1O. The van der Waals surface area contributed by atoms with Gasteiger partial charge in [0.1, 0.15) is 17.1 Å². The predicted octanol–water partition coefficient (Wildman–Crippen LogP) is 7.40. The van der Waals surface area contributed by atoms with E-state index in [-0.39, 0.29) is 18.0 Å². The van der Waals surface area contributed by atoms with Gasteiger partial charge in [-0.2, -0.15) is 0 Å². The van der Waals surface area contributed by atoms with Gasteiger partial charge < -0.3 is 9.52 Å². The fourth-order valence-corrected chi connectivity index (χ4v) is 4.18. The molecule has 0 atom stereocenters. The number of carbonyl (C=O) groups excluding carboxylic acids is 1. The molecule has 0 aliphatic carbocycles. The maximum absolute atomic E-state index is 12.4. The number of unbranched alkanes of at least 4 members (excludes halogenated alkanes) is 12. The molecule has 0 saturated carbocycles. The summed E-state index contributed by atoms with van der Waals surface area (Å²) in [6.07, 6.45) is 17.5. The van der Waals surface area contributed by atoms with E-state index in [1.165, 1.54) is 82.8 Å². The van der Waals surface area contributed by atoms with Gasteiger partial charge in [0.05, 0.1) is 0 Å². The topological polar surface area (TPSA) is 67.5 Å². The smallest absolute Gasteiger partial charge is 0.336 e. The summed E-state index contributed by atoms with van der Waals surface area (Å²) in [5.41, 5.74) is 1.31. The molecule has 4 heteroatoms. The zero-order chi connectivity index (χ0) is 22.5. The van der Waals surface area contributed by atoms with Crippen LogP contribution in [-0.4, -0.2) is 10.9 Å². The average Bonchev–Trinajstić information content (AvgIpc) is 2.72. The van der Waals surface area contributed by atoms with Crippen molar-refractivity contribution < 1.29 is 14.3 Å². The number of fused-ring (bicyclic) bond motifs is 1. The zero-order valence-electron chi connectivity index (χ0n) is 19.5. The Balaban J connectivity index is 1.58. The Labute approximate surface area is 187 Å². The van der Waals surface area contributed by atoms with E-state index in [1.807, 2.05) is 6.92 Å². The summed E-state index contributed by atoms with van der Waals surface area (Å²) >= 11 is 0. The van der Waals surface area contributed by atoms with Crippen LogP contribution < -0.4 is 5.63 Å². The molecule has 0 bridgehead atoms. The Hall–Kier alpha value is -2.10. The highest BCUT2D eigenvalue weighted by atomic mass is 16.4. The van der Waals surface area contributed by atoms with Crippen molar-refractivity contribution in [2.75, 3.05) is 0 Å². The van der Waals surface area contributed by atoms with Crippen LogP contribution in [0, 0.1) is 6.92 Å². The monoisotopic (exact) mass is 428 g/mol. The van der Waals surface area contributed by atoms with Crippen LogP contribution in [0.4, 0.5) is 0 Å². The van der Waals surface area contributed by atoms with Gasteiger partial charge in [-0.25, -0.2) is 4.79 Å². The highest BCUT2D eigenvalue weighted by molar-refractivity contribution is 5.86. The van der Waals surface area contributed by atoms with Crippen LogP contribution in [0.1, 0.15) is 108 Å². The molecule has 0 aliphatic heterocycles. The lowest BCUT2D eigenvalue weighted by Gasteiger charge is -2.08. The summed E-state index contributed by atoms with van der Waals surface area (Å²) in [6, 6.07) is 4.64. The maximum Gasteiger partial charge on any atom is 0.336 e. The molecule has 1 N–H and O–H groups in total. The lowest BCUT2D eigenvalue weighted by molar-refractivity contribution is -0.118. The zero-order valence-corrected chi connectivity index (χ0v) is 19.5. The fourth-order valence-electron chi connectivity index (χ4n) is 4.18. The maximum atomic E-state index is 12.4. The molecule has 4 nitrogen and oxygen atoms in total. The molecule has 172 valence electrons. The summed E-state index contributed by atoms with van der Waals surface area (Å²) in [4.78, 5) is 23.8. The molecule has 1 aromatic carbocycles. The van der Waals surface area contributed by atoms with Crippen LogP contribution in [0.15, 0.2) is 27.4 Å². The summed E-state index contributed by atoms with van der Waals surface area (Å²) in [5.74, 6) is 0.160.